The Morgan fingerprint density at radius 3 is 2.21 bits per heavy atom. The van der Waals surface area contributed by atoms with Crippen molar-refractivity contribution in [2.75, 3.05) is 13.1 Å². The van der Waals surface area contributed by atoms with Crippen LogP contribution in [-0.4, -0.2) is 37.4 Å². The zero-order valence-electron chi connectivity index (χ0n) is 15.5. The van der Waals surface area contributed by atoms with Gasteiger partial charge in [-0.2, -0.15) is 0 Å². The Balaban J connectivity index is 1.57. The fraction of sp³-hybridized carbons (Fsp3) is 0.227. The van der Waals surface area contributed by atoms with Crippen molar-refractivity contribution in [2.45, 2.75) is 23.4 Å². The molecule has 1 aliphatic heterocycles. The van der Waals surface area contributed by atoms with Crippen LogP contribution in [0.25, 0.3) is 0 Å². The molecule has 5 nitrogen and oxygen atoms in total. The quantitative estimate of drug-likeness (QED) is 0.699. The van der Waals surface area contributed by atoms with Crippen molar-refractivity contribution < 1.29 is 8.42 Å². The lowest BCUT2D eigenvalue weighted by atomic mass is 9.96. The Bertz CT molecular complexity index is 996. The Morgan fingerprint density at radius 2 is 1.54 bits per heavy atom. The van der Waals surface area contributed by atoms with Crippen molar-refractivity contribution in [3.05, 3.63) is 96.3 Å². The van der Waals surface area contributed by atoms with Gasteiger partial charge in [0.2, 0.25) is 10.0 Å². The van der Waals surface area contributed by atoms with Crippen LogP contribution in [0.5, 0.6) is 0 Å². The summed E-state index contributed by atoms with van der Waals surface area (Å²) in [4.78, 5) is 6.70. The zero-order chi connectivity index (χ0) is 19.4. The number of nitrogens with zero attached hydrogens (tertiary/aromatic N) is 2. The number of benzene rings is 2. The van der Waals surface area contributed by atoms with E-state index < -0.39 is 10.0 Å². The number of likely N-dealkylation sites (tertiary alicyclic amines) is 1. The van der Waals surface area contributed by atoms with E-state index in [0.29, 0.717) is 11.4 Å². The van der Waals surface area contributed by atoms with Gasteiger partial charge in [-0.05, 0) is 35.4 Å². The lowest BCUT2D eigenvalue weighted by Gasteiger charge is -2.20. The average Bonchev–Trinajstić information content (AvgIpc) is 3.11. The number of hydrogen-bond acceptors (Lipinski definition) is 4. The molecule has 1 fully saturated rings. The van der Waals surface area contributed by atoms with E-state index >= 15 is 0 Å². The minimum Gasteiger partial charge on any atom is -0.297 e. The minimum absolute atomic E-state index is 0.0743. The molecule has 28 heavy (non-hydrogen) atoms. The Hall–Kier alpha value is -2.54. The molecule has 1 aromatic heterocycles. The van der Waals surface area contributed by atoms with E-state index in [1.54, 1.807) is 36.7 Å². The molecule has 6 heteroatoms. The number of sulfonamides is 1. The first kappa shape index (κ1) is 18.8. The number of aromatic nitrogens is 1. The van der Waals surface area contributed by atoms with E-state index in [2.05, 4.69) is 26.7 Å². The molecule has 2 aromatic carbocycles. The summed E-state index contributed by atoms with van der Waals surface area (Å²) in [5.74, 6) is 0.0743. The third-order valence-electron chi connectivity index (χ3n) is 5.14. The Kier molecular flexibility index (Phi) is 5.52. The Labute approximate surface area is 166 Å². The molecular weight excluding hydrogens is 370 g/mol. The SMILES string of the molecule is O=S(=O)(N[C@H]1CN(Cc2ccccc2)C[C@@H]1c1ccncc1)c1ccccc1. The van der Waals surface area contributed by atoms with Crippen LogP contribution in [0.15, 0.2) is 90.1 Å². The van der Waals surface area contributed by atoms with Gasteiger partial charge in [0.25, 0.3) is 0 Å². The summed E-state index contributed by atoms with van der Waals surface area (Å²) < 4.78 is 28.7. The van der Waals surface area contributed by atoms with Gasteiger partial charge in [-0.25, -0.2) is 13.1 Å². The zero-order valence-corrected chi connectivity index (χ0v) is 16.3. The van der Waals surface area contributed by atoms with Gasteiger partial charge >= 0.3 is 0 Å². The van der Waals surface area contributed by atoms with E-state index in [1.807, 2.05) is 36.4 Å². The van der Waals surface area contributed by atoms with Gasteiger partial charge < -0.3 is 0 Å². The van der Waals surface area contributed by atoms with Gasteiger partial charge in [-0.3, -0.25) is 9.88 Å². The molecule has 2 atom stereocenters. The topological polar surface area (TPSA) is 62.3 Å². The van der Waals surface area contributed by atoms with E-state index in [9.17, 15) is 8.42 Å². The summed E-state index contributed by atoms with van der Waals surface area (Å²) in [6, 6.07) is 22.6. The van der Waals surface area contributed by atoms with Gasteiger partial charge in [0, 0.05) is 44.0 Å². The molecule has 0 radical (unpaired) electrons. The highest BCUT2D eigenvalue weighted by Gasteiger charge is 2.36. The number of rotatable bonds is 6. The van der Waals surface area contributed by atoms with Crippen LogP contribution in [0.1, 0.15) is 17.0 Å². The van der Waals surface area contributed by atoms with Crippen LogP contribution in [0.2, 0.25) is 0 Å². The van der Waals surface area contributed by atoms with Gasteiger partial charge in [-0.15, -0.1) is 0 Å². The van der Waals surface area contributed by atoms with Gasteiger partial charge in [-0.1, -0.05) is 48.5 Å². The second kappa shape index (κ2) is 8.22. The molecule has 2 heterocycles. The molecule has 1 aliphatic rings. The average molecular weight is 394 g/mol. The van der Waals surface area contributed by atoms with Crippen LogP contribution in [0, 0.1) is 0 Å². The summed E-state index contributed by atoms with van der Waals surface area (Å²) in [5, 5.41) is 0. The van der Waals surface area contributed by atoms with Crippen molar-refractivity contribution in [3.8, 4) is 0 Å². The molecule has 3 aromatic rings. The lowest BCUT2D eigenvalue weighted by molar-refractivity contribution is 0.322. The first-order valence-electron chi connectivity index (χ1n) is 9.35. The fourth-order valence-electron chi connectivity index (χ4n) is 3.79. The van der Waals surface area contributed by atoms with Crippen molar-refractivity contribution in [3.63, 3.8) is 0 Å². The van der Waals surface area contributed by atoms with Crippen LogP contribution in [0.3, 0.4) is 0 Å². The monoisotopic (exact) mass is 393 g/mol. The number of hydrogen-bond donors (Lipinski definition) is 1. The van der Waals surface area contributed by atoms with Gasteiger partial charge in [0.05, 0.1) is 4.90 Å². The first-order valence-corrected chi connectivity index (χ1v) is 10.8. The maximum absolute atomic E-state index is 12.9. The molecule has 144 valence electrons. The highest BCUT2D eigenvalue weighted by molar-refractivity contribution is 7.89. The van der Waals surface area contributed by atoms with E-state index in [-0.39, 0.29) is 12.0 Å². The van der Waals surface area contributed by atoms with E-state index in [0.717, 1.165) is 18.7 Å². The Morgan fingerprint density at radius 1 is 0.893 bits per heavy atom. The normalized spacial score (nSPS) is 20.3. The molecule has 1 saturated heterocycles. The predicted molar refractivity (Wildman–Crippen MR) is 109 cm³/mol. The second-order valence-corrected chi connectivity index (χ2v) is 8.82. The largest absolute Gasteiger partial charge is 0.297 e. The number of pyridine rings is 1. The molecule has 0 bridgehead atoms. The maximum atomic E-state index is 12.9. The third kappa shape index (κ3) is 4.30. The maximum Gasteiger partial charge on any atom is 0.240 e. The van der Waals surface area contributed by atoms with Crippen molar-refractivity contribution in [1.82, 2.24) is 14.6 Å². The number of nitrogens with one attached hydrogen (secondary N) is 1. The second-order valence-electron chi connectivity index (χ2n) is 7.11. The summed E-state index contributed by atoms with van der Waals surface area (Å²) in [7, 11) is -3.57. The van der Waals surface area contributed by atoms with Crippen LogP contribution in [-0.2, 0) is 16.6 Å². The van der Waals surface area contributed by atoms with Crippen molar-refractivity contribution in [2.24, 2.45) is 0 Å². The minimum atomic E-state index is -3.57. The molecule has 0 saturated carbocycles. The summed E-state index contributed by atoms with van der Waals surface area (Å²) >= 11 is 0. The lowest BCUT2D eigenvalue weighted by Crippen LogP contribution is -2.39. The van der Waals surface area contributed by atoms with Crippen LogP contribution < -0.4 is 4.72 Å². The summed E-state index contributed by atoms with van der Waals surface area (Å²) in [6.07, 6.45) is 3.52. The van der Waals surface area contributed by atoms with Gasteiger partial charge in [0.15, 0.2) is 0 Å². The molecule has 0 unspecified atom stereocenters. The van der Waals surface area contributed by atoms with Crippen molar-refractivity contribution in [1.29, 1.82) is 0 Å². The smallest absolute Gasteiger partial charge is 0.240 e. The van der Waals surface area contributed by atoms with Crippen molar-refractivity contribution >= 4 is 10.0 Å². The molecule has 4 rings (SSSR count). The van der Waals surface area contributed by atoms with Crippen LogP contribution >= 0.6 is 0 Å². The highest BCUT2D eigenvalue weighted by atomic mass is 32.2. The third-order valence-corrected chi connectivity index (χ3v) is 6.64. The molecule has 0 spiro atoms. The van der Waals surface area contributed by atoms with Crippen LogP contribution in [0.4, 0.5) is 0 Å². The molecule has 0 aliphatic carbocycles. The standard InChI is InChI=1S/C22H23N3O2S/c26-28(27,20-9-5-2-6-10-20)24-22-17-25(15-18-7-3-1-4-8-18)16-21(22)19-11-13-23-14-12-19/h1-14,21-22,24H,15-17H2/t21-,22+/m1/s1. The van der Waals surface area contributed by atoms with E-state index in [4.69, 9.17) is 0 Å². The molecular formula is C22H23N3O2S. The summed E-state index contributed by atoms with van der Waals surface area (Å²) in [6.45, 7) is 2.25. The molecule has 0 amide bonds. The fourth-order valence-corrected chi connectivity index (χ4v) is 5.08. The first-order chi connectivity index (χ1) is 13.6. The predicted octanol–water partition coefficient (Wildman–Crippen LogP) is 3.03. The highest BCUT2D eigenvalue weighted by Crippen LogP contribution is 2.29. The molecule has 1 N–H and O–H groups in total. The summed E-state index contributed by atoms with van der Waals surface area (Å²) in [5.41, 5.74) is 2.33. The van der Waals surface area contributed by atoms with Gasteiger partial charge in [0.1, 0.15) is 0 Å². The van der Waals surface area contributed by atoms with E-state index in [1.165, 1.54) is 5.56 Å².